The zero-order valence-corrected chi connectivity index (χ0v) is 13.9. The second-order valence-corrected chi connectivity index (χ2v) is 7.44. The van der Waals surface area contributed by atoms with Crippen LogP contribution in [0, 0.1) is 0 Å². The molecule has 0 spiro atoms. The summed E-state index contributed by atoms with van der Waals surface area (Å²) in [7, 11) is -3.69. The normalized spacial score (nSPS) is 11.4. The van der Waals surface area contributed by atoms with E-state index in [1.807, 2.05) is 0 Å². The van der Waals surface area contributed by atoms with Crippen molar-refractivity contribution in [1.29, 1.82) is 0 Å². The highest BCUT2D eigenvalue weighted by molar-refractivity contribution is 7.90. The lowest BCUT2D eigenvalue weighted by Gasteiger charge is -2.13. The molecule has 1 heterocycles. The van der Waals surface area contributed by atoms with Crippen molar-refractivity contribution in [3.8, 4) is 11.1 Å². The minimum atomic E-state index is -3.69. The molecule has 0 amide bonds. The Labute approximate surface area is 144 Å². The summed E-state index contributed by atoms with van der Waals surface area (Å²) in [6, 6.07) is 12.6. The maximum atomic E-state index is 12.6. The van der Waals surface area contributed by atoms with E-state index in [0.29, 0.717) is 11.1 Å². The van der Waals surface area contributed by atoms with E-state index in [0.717, 1.165) is 0 Å². The predicted molar refractivity (Wildman–Crippen MR) is 92.8 cm³/mol. The van der Waals surface area contributed by atoms with E-state index in [2.05, 4.69) is 0 Å². The van der Waals surface area contributed by atoms with E-state index in [-0.39, 0.29) is 21.7 Å². The first kappa shape index (κ1) is 16.8. The first-order valence-corrected chi connectivity index (χ1v) is 9.00. The number of sulfone groups is 1. The number of carbonyl (C=O) groups is 1. The fraction of sp³-hybridized carbons (Fsp3) is 0.0556. The summed E-state index contributed by atoms with van der Waals surface area (Å²) in [6.07, 6.45) is 2.89. The van der Waals surface area contributed by atoms with Gasteiger partial charge >= 0.3 is 5.97 Å². The highest BCUT2D eigenvalue weighted by atomic mass is 32.2. The van der Waals surface area contributed by atoms with Gasteiger partial charge in [-0.25, -0.2) is 13.2 Å². The van der Waals surface area contributed by atoms with Crippen LogP contribution in [-0.2, 0) is 15.6 Å². The van der Waals surface area contributed by atoms with Gasteiger partial charge in [0.1, 0.15) is 0 Å². The first-order valence-electron chi connectivity index (χ1n) is 7.35. The molecule has 1 aromatic heterocycles. The lowest BCUT2D eigenvalue weighted by molar-refractivity contribution is 0.0697. The molecule has 0 radical (unpaired) electrons. The van der Waals surface area contributed by atoms with Gasteiger partial charge in [-0.15, -0.1) is 0 Å². The smallest absolute Gasteiger partial charge is 0.338 e. The van der Waals surface area contributed by atoms with Crippen LogP contribution in [0.5, 0.6) is 0 Å². The number of hydrogen-bond donors (Lipinski definition) is 2. The highest BCUT2D eigenvalue weighted by Crippen LogP contribution is 2.32. The van der Waals surface area contributed by atoms with E-state index in [4.69, 9.17) is 10.2 Å². The minimum Gasteiger partial charge on any atom is -0.478 e. The molecule has 0 unspecified atom stereocenters. The topological polar surface area (TPSA) is 111 Å². The molecule has 128 valence electrons. The number of carboxylic acid groups (broad SMARTS) is 1. The molecule has 3 aromatic rings. The van der Waals surface area contributed by atoms with Crippen LogP contribution < -0.4 is 5.73 Å². The Morgan fingerprint density at radius 2 is 1.80 bits per heavy atom. The van der Waals surface area contributed by atoms with Crippen molar-refractivity contribution in [2.75, 3.05) is 5.73 Å². The van der Waals surface area contributed by atoms with Crippen LogP contribution in [0.3, 0.4) is 0 Å². The van der Waals surface area contributed by atoms with Gasteiger partial charge in [-0.2, -0.15) is 0 Å². The molecule has 3 rings (SSSR count). The monoisotopic (exact) mass is 357 g/mol. The molecule has 0 aliphatic heterocycles. The average molecular weight is 357 g/mol. The third-order valence-electron chi connectivity index (χ3n) is 3.83. The lowest BCUT2D eigenvalue weighted by atomic mass is 9.98. The highest BCUT2D eigenvalue weighted by Gasteiger charge is 2.23. The van der Waals surface area contributed by atoms with Crippen molar-refractivity contribution in [3.63, 3.8) is 0 Å². The van der Waals surface area contributed by atoms with Crippen LogP contribution in [-0.4, -0.2) is 19.5 Å². The van der Waals surface area contributed by atoms with Gasteiger partial charge in [-0.1, -0.05) is 30.3 Å². The van der Waals surface area contributed by atoms with Crippen LogP contribution in [0.2, 0.25) is 0 Å². The van der Waals surface area contributed by atoms with E-state index in [1.165, 1.54) is 30.7 Å². The van der Waals surface area contributed by atoms with Crippen molar-refractivity contribution in [3.05, 3.63) is 72.2 Å². The van der Waals surface area contributed by atoms with E-state index in [1.54, 1.807) is 30.3 Å². The Balaban J connectivity index is 2.08. The van der Waals surface area contributed by atoms with Crippen molar-refractivity contribution in [2.24, 2.45) is 0 Å². The van der Waals surface area contributed by atoms with Gasteiger partial charge in [0.05, 0.1) is 34.4 Å². The molecule has 0 aliphatic rings. The second kappa shape index (κ2) is 6.45. The summed E-state index contributed by atoms with van der Waals surface area (Å²) >= 11 is 0. The van der Waals surface area contributed by atoms with Gasteiger partial charge in [0.2, 0.25) is 0 Å². The SMILES string of the molecule is Nc1c(-c2ccoc2)ccc(CS(=O)(=O)c2ccccc2)c1C(=O)O. The van der Waals surface area contributed by atoms with Crippen LogP contribution in [0.4, 0.5) is 5.69 Å². The van der Waals surface area contributed by atoms with Crippen LogP contribution >= 0.6 is 0 Å². The minimum absolute atomic E-state index is 0.00895. The maximum absolute atomic E-state index is 12.6. The van der Waals surface area contributed by atoms with Gasteiger partial charge in [-0.3, -0.25) is 0 Å². The van der Waals surface area contributed by atoms with E-state index < -0.39 is 21.6 Å². The lowest BCUT2D eigenvalue weighted by Crippen LogP contribution is -2.12. The molecule has 3 N–H and O–H groups in total. The number of furan rings is 1. The van der Waals surface area contributed by atoms with Gasteiger partial charge in [0.15, 0.2) is 9.84 Å². The van der Waals surface area contributed by atoms with Crippen LogP contribution in [0.25, 0.3) is 11.1 Å². The Bertz CT molecular complexity index is 1010. The molecule has 0 saturated heterocycles. The van der Waals surface area contributed by atoms with Crippen LogP contribution in [0.15, 0.2) is 70.4 Å². The Morgan fingerprint density at radius 1 is 1.08 bits per heavy atom. The molecule has 7 heteroatoms. The summed E-state index contributed by atoms with van der Waals surface area (Å²) in [5, 5.41) is 9.54. The van der Waals surface area contributed by atoms with Crippen molar-refractivity contribution in [1.82, 2.24) is 0 Å². The van der Waals surface area contributed by atoms with Crippen LogP contribution in [0.1, 0.15) is 15.9 Å². The number of anilines is 1. The molecule has 0 saturated carbocycles. The summed E-state index contributed by atoms with van der Waals surface area (Å²) in [6.45, 7) is 0. The third-order valence-corrected chi connectivity index (χ3v) is 5.51. The Hall–Kier alpha value is -3.06. The molecular weight excluding hydrogens is 342 g/mol. The molecule has 0 aliphatic carbocycles. The van der Waals surface area contributed by atoms with Gasteiger partial charge in [0, 0.05) is 11.1 Å². The van der Waals surface area contributed by atoms with Gasteiger partial charge in [-0.05, 0) is 23.8 Å². The zero-order valence-electron chi connectivity index (χ0n) is 13.0. The Kier molecular flexibility index (Phi) is 4.33. The number of nitrogen functional groups attached to an aromatic ring is 1. The number of nitrogens with two attached hydrogens (primary N) is 1. The molecule has 0 atom stereocenters. The largest absolute Gasteiger partial charge is 0.478 e. The fourth-order valence-corrected chi connectivity index (χ4v) is 4.01. The number of aromatic carboxylic acids is 1. The van der Waals surface area contributed by atoms with E-state index >= 15 is 0 Å². The van der Waals surface area contributed by atoms with Gasteiger partial charge in [0.25, 0.3) is 0 Å². The summed E-state index contributed by atoms with van der Waals surface area (Å²) in [4.78, 5) is 11.8. The third kappa shape index (κ3) is 3.27. The van der Waals surface area contributed by atoms with E-state index in [9.17, 15) is 18.3 Å². The molecule has 6 nitrogen and oxygen atoms in total. The van der Waals surface area contributed by atoms with Crippen molar-refractivity contribution in [2.45, 2.75) is 10.6 Å². The molecule has 25 heavy (non-hydrogen) atoms. The predicted octanol–water partition coefficient (Wildman–Crippen LogP) is 3.20. The summed E-state index contributed by atoms with van der Waals surface area (Å²) < 4.78 is 30.1. The standard InChI is InChI=1S/C18H15NO5S/c19-17-15(12-8-9-24-10-12)7-6-13(16(17)18(20)21)11-25(22,23)14-4-2-1-3-5-14/h1-10H,11,19H2,(H,20,21). The maximum Gasteiger partial charge on any atom is 0.338 e. The number of carboxylic acids is 1. The first-order chi connectivity index (χ1) is 11.9. The van der Waals surface area contributed by atoms with Crippen molar-refractivity contribution < 1.29 is 22.7 Å². The molecule has 0 bridgehead atoms. The quantitative estimate of drug-likeness (QED) is 0.678. The average Bonchev–Trinajstić information content (AvgIpc) is 3.09. The van der Waals surface area contributed by atoms with Gasteiger partial charge < -0.3 is 15.3 Å². The second-order valence-electron chi connectivity index (χ2n) is 5.45. The summed E-state index contributed by atoms with van der Waals surface area (Å²) in [5.74, 6) is -1.73. The van der Waals surface area contributed by atoms with Crippen molar-refractivity contribution >= 4 is 21.5 Å². The molecule has 0 fully saturated rings. The zero-order chi connectivity index (χ0) is 18.0. The Morgan fingerprint density at radius 3 is 2.40 bits per heavy atom. The summed E-state index contributed by atoms with van der Waals surface area (Å²) in [5.41, 5.74) is 7.06. The molecule has 2 aromatic carbocycles. The number of rotatable bonds is 5. The number of benzene rings is 2. The number of hydrogen-bond acceptors (Lipinski definition) is 5. The fourth-order valence-electron chi connectivity index (χ4n) is 2.62. The molecular formula is C18H15NO5S.